The van der Waals surface area contributed by atoms with Crippen molar-refractivity contribution in [1.82, 2.24) is 4.31 Å². The molecule has 0 radical (unpaired) electrons. The zero-order chi connectivity index (χ0) is 14.2. The maximum atomic E-state index is 12.4. The summed E-state index contributed by atoms with van der Waals surface area (Å²) >= 11 is 3.26. The highest BCUT2D eigenvalue weighted by molar-refractivity contribution is 9.10. The second kappa shape index (κ2) is 5.19. The van der Waals surface area contributed by atoms with Gasteiger partial charge in [0.15, 0.2) is 5.78 Å². The number of carbonyl (C=O) groups is 1. The molecular formula is C13H14BrNO3S. The number of carbonyl (C=O) groups excluding carboxylic acids is 1. The van der Waals surface area contributed by atoms with E-state index in [2.05, 4.69) is 15.9 Å². The van der Waals surface area contributed by atoms with Gasteiger partial charge in [-0.2, -0.15) is 4.31 Å². The fourth-order valence-corrected chi connectivity index (χ4v) is 3.57. The van der Waals surface area contributed by atoms with Crippen molar-refractivity contribution in [3.8, 4) is 0 Å². The Balaban J connectivity index is 2.35. The van der Waals surface area contributed by atoms with Crippen molar-refractivity contribution in [2.45, 2.75) is 18.7 Å². The Hall–Kier alpha value is -0.980. The van der Waals surface area contributed by atoms with Gasteiger partial charge in [0.2, 0.25) is 10.0 Å². The maximum absolute atomic E-state index is 12.4. The second-order valence-electron chi connectivity index (χ2n) is 4.63. The minimum Gasteiger partial charge on any atom is -0.293 e. The van der Waals surface area contributed by atoms with Gasteiger partial charge < -0.3 is 0 Å². The van der Waals surface area contributed by atoms with E-state index in [1.54, 1.807) is 12.1 Å². The molecule has 2 rings (SSSR count). The Bertz CT molecular complexity index is 643. The van der Waals surface area contributed by atoms with E-state index in [1.807, 2.05) is 13.8 Å². The summed E-state index contributed by atoms with van der Waals surface area (Å²) in [6.45, 7) is 3.74. The zero-order valence-electron chi connectivity index (χ0n) is 10.7. The first-order chi connectivity index (χ1) is 8.82. The van der Waals surface area contributed by atoms with Gasteiger partial charge in [-0.3, -0.25) is 4.79 Å². The second-order valence-corrected chi connectivity index (χ2v) is 7.48. The highest BCUT2D eigenvalue weighted by atomic mass is 79.9. The molecule has 0 aromatic heterocycles. The van der Waals surface area contributed by atoms with Crippen molar-refractivity contribution in [3.05, 3.63) is 39.9 Å². The highest BCUT2D eigenvalue weighted by Gasteiger charge is 2.34. The third-order valence-corrected chi connectivity index (χ3v) is 5.38. The van der Waals surface area contributed by atoms with Crippen LogP contribution in [0.15, 0.2) is 44.8 Å². The van der Waals surface area contributed by atoms with Crippen LogP contribution in [0.1, 0.15) is 13.8 Å². The van der Waals surface area contributed by atoms with E-state index >= 15 is 0 Å². The number of sulfonamides is 1. The molecule has 1 aliphatic heterocycles. The largest absolute Gasteiger partial charge is 0.293 e. The Morgan fingerprint density at radius 2 is 1.74 bits per heavy atom. The average molecular weight is 344 g/mol. The molecule has 0 amide bonds. The van der Waals surface area contributed by atoms with Gasteiger partial charge in [0.25, 0.3) is 0 Å². The van der Waals surface area contributed by atoms with Crippen molar-refractivity contribution in [3.63, 3.8) is 0 Å². The summed E-state index contributed by atoms with van der Waals surface area (Å²) in [5, 5.41) is 0. The summed E-state index contributed by atoms with van der Waals surface area (Å²) in [6, 6.07) is 6.41. The van der Waals surface area contributed by atoms with Crippen LogP contribution in [0, 0.1) is 0 Å². The van der Waals surface area contributed by atoms with Gasteiger partial charge in [0.05, 0.1) is 11.4 Å². The van der Waals surface area contributed by atoms with E-state index in [1.165, 1.54) is 16.4 Å². The third-order valence-electron chi connectivity index (χ3n) is 3.05. The molecule has 6 heteroatoms. The maximum Gasteiger partial charge on any atom is 0.243 e. The number of allylic oxidation sites excluding steroid dienone is 1. The standard InChI is InChI=1S/C13H14BrNO3S/c1-9(2)12-7-15(8-13(12)16)19(17,18)11-5-3-10(14)4-6-11/h3-6H,7-8H2,1-2H3. The van der Waals surface area contributed by atoms with Crippen LogP contribution in [0.4, 0.5) is 0 Å². The van der Waals surface area contributed by atoms with E-state index in [9.17, 15) is 13.2 Å². The third kappa shape index (κ3) is 2.80. The molecule has 0 N–H and O–H groups in total. The monoisotopic (exact) mass is 343 g/mol. The van der Waals surface area contributed by atoms with Crippen molar-refractivity contribution in [1.29, 1.82) is 0 Å². The van der Waals surface area contributed by atoms with Crippen LogP contribution in [0.2, 0.25) is 0 Å². The number of halogens is 1. The van der Waals surface area contributed by atoms with Crippen molar-refractivity contribution >= 4 is 31.7 Å². The van der Waals surface area contributed by atoms with Crippen LogP contribution >= 0.6 is 15.9 Å². The molecule has 4 nitrogen and oxygen atoms in total. The fraction of sp³-hybridized carbons (Fsp3) is 0.308. The first-order valence-electron chi connectivity index (χ1n) is 5.77. The fourth-order valence-electron chi connectivity index (χ4n) is 1.94. The summed E-state index contributed by atoms with van der Waals surface area (Å²) in [4.78, 5) is 12.0. The lowest BCUT2D eigenvalue weighted by atomic mass is 10.1. The van der Waals surface area contributed by atoms with Gasteiger partial charge in [0.1, 0.15) is 0 Å². The number of Topliss-reactive ketones (excluding diaryl/α,β-unsaturated/α-hetero) is 1. The van der Waals surface area contributed by atoms with E-state index in [4.69, 9.17) is 0 Å². The zero-order valence-corrected chi connectivity index (χ0v) is 13.1. The van der Waals surface area contributed by atoms with Crippen molar-refractivity contribution in [2.75, 3.05) is 13.1 Å². The van der Waals surface area contributed by atoms with Crippen molar-refractivity contribution < 1.29 is 13.2 Å². The predicted octanol–water partition coefficient (Wildman–Crippen LogP) is 2.36. The molecule has 19 heavy (non-hydrogen) atoms. The lowest BCUT2D eigenvalue weighted by Gasteiger charge is -2.14. The Morgan fingerprint density at radius 1 is 1.16 bits per heavy atom. The Labute approximate surface area is 121 Å². The minimum atomic E-state index is -3.60. The molecule has 0 bridgehead atoms. The van der Waals surface area contributed by atoms with Gasteiger partial charge >= 0.3 is 0 Å². The molecule has 102 valence electrons. The molecule has 0 spiro atoms. The van der Waals surface area contributed by atoms with Crippen LogP contribution < -0.4 is 0 Å². The number of rotatable bonds is 2. The van der Waals surface area contributed by atoms with E-state index < -0.39 is 10.0 Å². The first-order valence-corrected chi connectivity index (χ1v) is 8.01. The van der Waals surface area contributed by atoms with Gasteiger partial charge in [-0.05, 0) is 38.1 Å². The lowest BCUT2D eigenvalue weighted by Crippen LogP contribution is -2.28. The molecule has 0 saturated carbocycles. The van der Waals surface area contributed by atoms with Gasteiger partial charge in [-0.1, -0.05) is 21.5 Å². The SMILES string of the molecule is CC(C)=C1CN(S(=O)(=O)c2ccc(Br)cc2)CC1=O. The van der Waals surface area contributed by atoms with Crippen molar-refractivity contribution in [2.24, 2.45) is 0 Å². The summed E-state index contributed by atoms with van der Waals surface area (Å²) in [7, 11) is -3.60. The first kappa shape index (κ1) is 14.4. The average Bonchev–Trinajstić information content (AvgIpc) is 2.72. The summed E-state index contributed by atoms with van der Waals surface area (Å²) in [6.07, 6.45) is 0. The van der Waals surface area contributed by atoms with E-state index in [0.717, 1.165) is 10.0 Å². The highest BCUT2D eigenvalue weighted by Crippen LogP contribution is 2.24. The van der Waals surface area contributed by atoms with Crippen LogP contribution in [-0.2, 0) is 14.8 Å². The molecule has 0 atom stereocenters. The summed E-state index contributed by atoms with van der Waals surface area (Å²) in [5.41, 5.74) is 1.47. The Kier molecular flexibility index (Phi) is 3.94. The normalized spacial score (nSPS) is 17.0. The molecule has 0 aliphatic carbocycles. The molecule has 1 aromatic carbocycles. The summed E-state index contributed by atoms with van der Waals surface area (Å²) in [5.74, 6) is -0.110. The van der Waals surface area contributed by atoms with Gasteiger partial charge in [0, 0.05) is 16.6 Å². The minimum absolute atomic E-state index is 0.0705. The van der Waals surface area contributed by atoms with E-state index in [-0.39, 0.29) is 23.8 Å². The summed E-state index contributed by atoms with van der Waals surface area (Å²) < 4.78 is 26.8. The molecule has 0 unspecified atom stereocenters. The topological polar surface area (TPSA) is 54.5 Å². The van der Waals surface area contributed by atoms with E-state index in [0.29, 0.717) is 5.57 Å². The number of hydrogen-bond donors (Lipinski definition) is 0. The number of nitrogens with zero attached hydrogens (tertiary/aromatic N) is 1. The quantitative estimate of drug-likeness (QED) is 0.774. The van der Waals surface area contributed by atoms with Gasteiger partial charge in [-0.15, -0.1) is 0 Å². The number of benzene rings is 1. The number of ketones is 1. The van der Waals surface area contributed by atoms with Crippen LogP contribution in [0.5, 0.6) is 0 Å². The predicted molar refractivity (Wildman–Crippen MR) is 76.3 cm³/mol. The molecule has 1 saturated heterocycles. The molecule has 1 aliphatic rings. The number of hydrogen-bond acceptors (Lipinski definition) is 3. The molecular weight excluding hydrogens is 330 g/mol. The molecule has 1 aromatic rings. The Morgan fingerprint density at radius 3 is 2.21 bits per heavy atom. The van der Waals surface area contributed by atoms with Crippen LogP contribution in [0.3, 0.4) is 0 Å². The smallest absolute Gasteiger partial charge is 0.243 e. The molecule has 1 heterocycles. The van der Waals surface area contributed by atoms with Crippen LogP contribution in [-0.4, -0.2) is 31.6 Å². The van der Waals surface area contributed by atoms with Crippen LogP contribution in [0.25, 0.3) is 0 Å². The molecule has 1 fully saturated rings. The lowest BCUT2D eigenvalue weighted by molar-refractivity contribution is -0.114. The van der Waals surface area contributed by atoms with Gasteiger partial charge in [-0.25, -0.2) is 8.42 Å².